The molecule has 0 amide bonds. The first-order chi connectivity index (χ1) is 20.7. The molecule has 0 aliphatic heterocycles. The molecule has 5 aliphatic rings. The first-order valence-electron chi connectivity index (χ1n) is 17.3. The van der Waals surface area contributed by atoms with E-state index in [1.54, 1.807) is 30.3 Å². The molecule has 0 spiro atoms. The Bertz CT molecular complexity index is 1300. The Morgan fingerprint density at radius 2 is 1.66 bits per heavy atom. The third kappa shape index (κ3) is 4.57. The Labute approximate surface area is 265 Å². The third-order valence-corrected chi connectivity index (χ3v) is 15.2. The van der Waals surface area contributed by atoms with Crippen molar-refractivity contribution >= 4 is 12.0 Å². The van der Waals surface area contributed by atoms with E-state index >= 15 is 0 Å². The molecule has 0 saturated heterocycles. The molecule has 5 saturated carbocycles. The lowest BCUT2D eigenvalue weighted by molar-refractivity contribution is -0.256. The zero-order valence-electron chi connectivity index (χ0n) is 27.8. The van der Waals surface area contributed by atoms with Gasteiger partial charge in [0.05, 0.1) is 12.7 Å². The molecule has 5 heteroatoms. The summed E-state index contributed by atoms with van der Waals surface area (Å²) >= 11 is 0. The topological polar surface area (TPSA) is 87.0 Å². The van der Waals surface area contributed by atoms with Gasteiger partial charge < -0.3 is 20.1 Å². The van der Waals surface area contributed by atoms with E-state index in [2.05, 4.69) is 41.2 Å². The molecule has 1 aromatic rings. The third-order valence-electron chi connectivity index (χ3n) is 15.2. The van der Waals surface area contributed by atoms with Crippen molar-refractivity contribution in [2.75, 3.05) is 13.2 Å². The summed E-state index contributed by atoms with van der Waals surface area (Å²) in [6.07, 6.45) is 13.6. The average molecular weight is 605 g/mol. The van der Waals surface area contributed by atoms with Gasteiger partial charge in [-0.1, -0.05) is 52.0 Å². The number of carbonyl (C=O) groups excluding carboxylic acids is 1. The molecule has 0 bridgehead atoms. The van der Waals surface area contributed by atoms with E-state index < -0.39 is 17.5 Å². The number of aliphatic hydroxyl groups is 2. The van der Waals surface area contributed by atoms with Gasteiger partial charge in [0, 0.05) is 18.1 Å². The first kappa shape index (κ1) is 31.9. The predicted octanol–water partition coefficient (Wildman–Crippen LogP) is 7.94. The fraction of sp³-hybridized carbons (Fsp3) is 0.718. The summed E-state index contributed by atoms with van der Waals surface area (Å²) in [7, 11) is 0. The number of phenolic OH excluding ortho intramolecular Hbond substituents is 1. The van der Waals surface area contributed by atoms with Crippen LogP contribution in [-0.4, -0.2) is 40.6 Å². The second kappa shape index (κ2) is 11.0. The molecule has 5 aliphatic carbocycles. The lowest BCUT2D eigenvalue weighted by Crippen LogP contribution is -2.67. The highest BCUT2D eigenvalue weighted by molar-refractivity contribution is 5.87. The van der Waals surface area contributed by atoms with Crippen molar-refractivity contribution in [2.45, 2.75) is 105 Å². The van der Waals surface area contributed by atoms with Crippen molar-refractivity contribution in [3.63, 3.8) is 0 Å². The van der Waals surface area contributed by atoms with Crippen molar-refractivity contribution < 1.29 is 24.9 Å². The number of aliphatic hydroxyl groups excluding tert-OH is 2. The van der Waals surface area contributed by atoms with Crippen LogP contribution >= 0.6 is 0 Å². The van der Waals surface area contributed by atoms with Crippen LogP contribution in [0.5, 0.6) is 5.75 Å². The number of hydrogen-bond acceptors (Lipinski definition) is 5. The van der Waals surface area contributed by atoms with E-state index in [9.17, 15) is 20.1 Å². The second-order valence-electron chi connectivity index (χ2n) is 16.8. The minimum absolute atomic E-state index is 0.0617. The molecular formula is C39H56O5. The lowest BCUT2D eigenvalue weighted by atomic mass is 9.32. The van der Waals surface area contributed by atoms with E-state index in [0.717, 1.165) is 44.1 Å². The van der Waals surface area contributed by atoms with E-state index in [1.165, 1.54) is 37.3 Å². The number of phenols is 1. The van der Waals surface area contributed by atoms with Gasteiger partial charge >= 0.3 is 5.97 Å². The molecule has 0 aromatic heterocycles. The molecular weight excluding hydrogens is 548 g/mol. The first-order valence-corrected chi connectivity index (χ1v) is 17.3. The van der Waals surface area contributed by atoms with Crippen molar-refractivity contribution in [1.29, 1.82) is 0 Å². The maximum atomic E-state index is 12.8. The van der Waals surface area contributed by atoms with Gasteiger partial charge in [-0.3, -0.25) is 0 Å². The van der Waals surface area contributed by atoms with Gasteiger partial charge in [-0.25, -0.2) is 4.79 Å². The highest BCUT2D eigenvalue weighted by Crippen LogP contribution is 2.77. The minimum atomic E-state index is -0.500. The lowest BCUT2D eigenvalue weighted by Gasteiger charge is -2.73. The maximum absolute atomic E-state index is 12.8. The summed E-state index contributed by atoms with van der Waals surface area (Å²) in [6.45, 7) is 17.1. The smallest absolute Gasteiger partial charge is 0.330 e. The number of ether oxygens (including phenoxy) is 1. The molecule has 0 unspecified atom stereocenters. The summed E-state index contributed by atoms with van der Waals surface area (Å²) in [5.74, 6) is 2.28. The van der Waals surface area contributed by atoms with Crippen molar-refractivity contribution in [3.05, 3.63) is 48.1 Å². The number of rotatable bonds is 6. The van der Waals surface area contributed by atoms with Crippen LogP contribution in [0.25, 0.3) is 6.08 Å². The highest BCUT2D eigenvalue weighted by Gasteiger charge is 2.71. The number of allylic oxidation sites excluding steroid dienone is 1. The van der Waals surface area contributed by atoms with Gasteiger partial charge in [-0.2, -0.15) is 0 Å². The predicted molar refractivity (Wildman–Crippen MR) is 174 cm³/mol. The van der Waals surface area contributed by atoms with E-state index in [-0.39, 0.29) is 39.9 Å². The summed E-state index contributed by atoms with van der Waals surface area (Å²) in [5, 5.41) is 31.8. The SMILES string of the molecule is C=C(C)[C@@H]1CC[C@]2(CO)CC[C@]3(C)[C@H](CC[C@@H]4[C@@]5(C)CC[C@H](O)[C@@](C)(COC(=O)/C=C/c6ccc(O)cc6)[C@@H]5CC[C@]43C)[C@@H]12. The van der Waals surface area contributed by atoms with Gasteiger partial charge in [-0.15, -0.1) is 0 Å². The zero-order valence-corrected chi connectivity index (χ0v) is 27.8. The molecule has 3 N–H and O–H groups in total. The maximum Gasteiger partial charge on any atom is 0.330 e. The molecule has 242 valence electrons. The van der Waals surface area contributed by atoms with Crippen LogP contribution in [0.2, 0.25) is 0 Å². The Kier molecular flexibility index (Phi) is 7.97. The average Bonchev–Trinajstić information content (AvgIpc) is 3.39. The molecule has 11 atom stereocenters. The van der Waals surface area contributed by atoms with Gasteiger partial charge in [0.2, 0.25) is 0 Å². The quantitative estimate of drug-likeness (QED) is 0.174. The van der Waals surface area contributed by atoms with Crippen LogP contribution in [0.1, 0.15) is 104 Å². The summed E-state index contributed by atoms with van der Waals surface area (Å²) in [5.41, 5.74) is 2.16. The highest BCUT2D eigenvalue weighted by atomic mass is 16.5. The van der Waals surface area contributed by atoms with Crippen molar-refractivity contribution in [3.8, 4) is 5.75 Å². The van der Waals surface area contributed by atoms with Crippen LogP contribution in [0.3, 0.4) is 0 Å². The number of hydrogen-bond donors (Lipinski definition) is 3. The summed E-state index contributed by atoms with van der Waals surface area (Å²) < 4.78 is 5.90. The fourth-order valence-corrected chi connectivity index (χ4v) is 12.6. The number of carbonyl (C=O) groups is 1. The Morgan fingerprint density at radius 1 is 0.932 bits per heavy atom. The Balaban J connectivity index is 1.24. The molecule has 44 heavy (non-hydrogen) atoms. The van der Waals surface area contributed by atoms with Crippen LogP contribution < -0.4 is 0 Å². The normalized spacial score (nSPS) is 46.4. The molecule has 0 radical (unpaired) electrons. The fourth-order valence-electron chi connectivity index (χ4n) is 12.6. The summed E-state index contributed by atoms with van der Waals surface area (Å²) in [4.78, 5) is 12.8. The number of benzene rings is 1. The van der Waals surface area contributed by atoms with Crippen LogP contribution in [0.4, 0.5) is 0 Å². The Morgan fingerprint density at radius 3 is 2.34 bits per heavy atom. The Hall–Kier alpha value is -2.11. The molecule has 0 heterocycles. The molecule has 5 nitrogen and oxygen atoms in total. The summed E-state index contributed by atoms with van der Waals surface area (Å²) in [6, 6.07) is 6.71. The van der Waals surface area contributed by atoms with Gasteiger partial charge in [0.1, 0.15) is 5.75 Å². The van der Waals surface area contributed by atoms with Crippen molar-refractivity contribution in [1.82, 2.24) is 0 Å². The number of esters is 1. The van der Waals surface area contributed by atoms with E-state index in [1.807, 2.05) is 0 Å². The molecule has 6 rings (SSSR count). The molecule has 5 fully saturated rings. The van der Waals surface area contributed by atoms with Crippen LogP contribution in [0, 0.1) is 56.7 Å². The second-order valence-corrected chi connectivity index (χ2v) is 16.8. The minimum Gasteiger partial charge on any atom is -0.508 e. The van der Waals surface area contributed by atoms with Crippen LogP contribution in [0.15, 0.2) is 42.5 Å². The van der Waals surface area contributed by atoms with Gasteiger partial charge in [-0.05, 0) is 146 Å². The largest absolute Gasteiger partial charge is 0.508 e. The zero-order chi connectivity index (χ0) is 31.7. The number of fused-ring (bicyclic) bond motifs is 7. The van der Waals surface area contributed by atoms with E-state index in [4.69, 9.17) is 4.74 Å². The van der Waals surface area contributed by atoms with Gasteiger partial charge in [0.25, 0.3) is 0 Å². The monoisotopic (exact) mass is 604 g/mol. The van der Waals surface area contributed by atoms with Gasteiger partial charge in [0.15, 0.2) is 0 Å². The molecule has 1 aromatic carbocycles. The van der Waals surface area contributed by atoms with Crippen molar-refractivity contribution in [2.24, 2.45) is 56.7 Å². The van der Waals surface area contributed by atoms with Crippen LogP contribution in [-0.2, 0) is 9.53 Å². The standard InChI is InChI=1S/C39H56O5/c1-25(2)28-15-20-39(23-40)22-21-37(5)29(34(28)39)12-13-31-35(3)18-17-32(42)36(4,30(35)16-19-38(31,37)6)24-44-33(43)14-9-26-7-10-27(41)11-8-26/h7-11,14,28-32,34,40-42H,1,12-13,15-24H2,2-6H3/b14-9+/t28-,29+,30+,31+,32-,34+,35-,36-,37+,38+,39+/m0/s1. The number of aromatic hydroxyl groups is 1. The van der Waals surface area contributed by atoms with E-state index in [0.29, 0.717) is 30.3 Å².